The number of carbonyl (C=O) groups is 2. The molecule has 188 valence electrons. The Morgan fingerprint density at radius 1 is 1.00 bits per heavy atom. The Morgan fingerprint density at radius 2 is 1.84 bits per heavy atom. The van der Waals surface area contributed by atoms with Gasteiger partial charge in [0.2, 0.25) is 0 Å². The summed E-state index contributed by atoms with van der Waals surface area (Å²) in [7, 11) is 0. The molecule has 3 aromatic heterocycles. The van der Waals surface area contributed by atoms with E-state index in [1.165, 1.54) is 0 Å². The van der Waals surface area contributed by atoms with Crippen molar-refractivity contribution in [1.82, 2.24) is 29.1 Å². The molecule has 0 bridgehead atoms. The summed E-state index contributed by atoms with van der Waals surface area (Å²) in [4.78, 5) is 35.6. The molecule has 2 amide bonds. The number of imidazole rings is 1. The summed E-state index contributed by atoms with van der Waals surface area (Å²) in [6.45, 7) is 6.65. The average molecular weight is 517 g/mol. The highest BCUT2D eigenvalue weighted by molar-refractivity contribution is 6.50. The van der Waals surface area contributed by atoms with Gasteiger partial charge in [-0.15, -0.1) is 0 Å². The van der Waals surface area contributed by atoms with Crippen molar-refractivity contribution in [2.45, 2.75) is 13.1 Å². The maximum Gasteiger partial charge on any atom is 0.261 e. The van der Waals surface area contributed by atoms with Gasteiger partial charge >= 0.3 is 0 Å². The maximum absolute atomic E-state index is 13.2. The molecular weight excluding hydrogens is 492 g/mol. The molecule has 0 atom stereocenters. The molecule has 3 aliphatic heterocycles. The van der Waals surface area contributed by atoms with E-state index in [9.17, 15) is 9.59 Å². The zero-order chi connectivity index (χ0) is 25.1. The van der Waals surface area contributed by atoms with Crippen molar-refractivity contribution in [2.75, 3.05) is 39.5 Å². The van der Waals surface area contributed by atoms with Crippen LogP contribution in [0.4, 0.5) is 0 Å². The van der Waals surface area contributed by atoms with Crippen molar-refractivity contribution in [3.8, 4) is 0 Å². The molecule has 1 fully saturated rings. The van der Waals surface area contributed by atoms with Crippen LogP contribution in [0.2, 0.25) is 5.02 Å². The summed E-state index contributed by atoms with van der Waals surface area (Å²) in [5.41, 5.74) is 4.86. The first-order valence-corrected chi connectivity index (χ1v) is 12.8. The number of benzene rings is 1. The van der Waals surface area contributed by atoms with Crippen LogP contribution in [0.5, 0.6) is 0 Å². The molecule has 9 nitrogen and oxygen atoms in total. The fraction of sp³-hybridized carbons (Fsp3) is 0.296. The van der Waals surface area contributed by atoms with Crippen molar-refractivity contribution in [1.29, 1.82) is 0 Å². The number of ether oxygens (including phenoxy) is 1. The Bertz CT molecular complexity index is 1610. The fourth-order valence-corrected chi connectivity index (χ4v) is 6.02. The number of halogens is 1. The van der Waals surface area contributed by atoms with E-state index in [4.69, 9.17) is 16.3 Å². The molecule has 6 heterocycles. The average Bonchev–Trinajstić information content (AvgIpc) is 3.51. The third-order valence-electron chi connectivity index (χ3n) is 7.44. The number of pyridine rings is 1. The number of hydrogen-bond acceptors (Lipinski definition) is 6. The minimum absolute atomic E-state index is 0.329. The molecule has 0 radical (unpaired) electrons. The molecule has 10 heteroatoms. The van der Waals surface area contributed by atoms with Crippen LogP contribution in [0.1, 0.15) is 16.8 Å². The number of imide groups is 1. The number of aromatic nitrogens is 3. The van der Waals surface area contributed by atoms with Gasteiger partial charge in [0.1, 0.15) is 5.65 Å². The summed E-state index contributed by atoms with van der Waals surface area (Å²) < 4.78 is 9.53. The lowest BCUT2D eigenvalue weighted by Crippen LogP contribution is -2.44. The molecule has 1 aromatic carbocycles. The van der Waals surface area contributed by atoms with Gasteiger partial charge in [0.05, 0.1) is 48.4 Å². The van der Waals surface area contributed by atoms with Crippen LogP contribution in [-0.4, -0.2) is 75.1 Å². The van der Waals surface area contributed by atoms with E-state index in [0.29, 0.717) is 33.1 Å². The predicted molar refractivity (Wildman–Crippen MR) is 140 cm³/mol. The van der Waals surface area contributed by atoms with Gasteiger partial charge in [-0.1, -0.05) is 17.7 Å². The Labute approximate surface area is 217 Å². The highest BCUT2D eigenvalue weighted by atomic mass is 35.5. The van der Waals surface area contributed by atoms with Gasteiger partial charge in [-0.05, 0) is 29.8 Å². The van der Waals surface area contributed by atoms with Gasteiger partial charge in [0, 0.05) is 61.1 Å². The summed E-state index contributed by atoms with van der Waals surface area (Å²) in [5, 5.41) is 4.00. The second kappa shape index (κ2) is 8.81. The van der Waals surface area contributed by atoms with Crippen LogP contribution in [0.3, 0.4) is 0 Å². The second-order valence-electron chi connectivity index (χ2n) is 9.73. The summed E-state index contributed by atoms with van der Waals surface area (Å²) in [6.07, 6.45) is 5.49. The van der Waals surface area contributed by atoms with Crippen LogP contribution in [0, 0.1) is 0 Å². The standard InChI is InChI=1S/C27H25ClN6O3/c28-18-11-17-14-32(16-31-7-9-37-10-8-31)5-6-33-15-20(19(12-18)25(17)33)23-24(27(36)30-26(23)35)21-13-29-22-3-1-2-4-34(21)22/h1-4,11-13,15H,5-10,14,16H2,(H,30,35,36). The quantitative estimate of drug-likeness (QED) is 0.420. The number of morpholine rings is 1. The zero-order valence-electron chi connectivity index (χ0n) is 20.1. The Morgan fingerprint density at radius 3 is 2.70 bits per heavy atom. The van der Waals surface area contributed by atoms with Crippen LogP contribution in [-0.2, 0) is 27.4 Å². The van der Waals surface area contributed by atoms with Crippen LogP contribution in [0.25, 0.3) is 27.7 Å². The van der Waals surface area contributed by atoms with Gasteiger partial charge in [0.25, 0.3) is 11.8 Å². The molecule has 7 rings (SSSR count). The number of fused-ring (bicyclic) bond motifs is 1. The Balaban J connectivity index is 1.36. The van der Waals surface area contributed by atoms with Crippen LogP contribution >= 0.6 is 11.6 Å². The van der Waals surface area contributed by atoms with Crippen molar-refractivity contribution in [2.24, 2.45) is 0 Å². The van der Waals surface area contributed by atoms with Gasteiger partial charge < -0.3 is 9.30 Å². The van der Waals surface area contributed by atoms with Gasteiger partial charge in [-0.2, -0.15) is 0 Å². The number of carbonyl (C=O) groups excluding carboxylic acids is 2. The first-order valence-electron chi connectivity index (χ1n) is 12.4. The minimum atomic E-state index is -0.419. The van der Waals surface area contributed by atoms with Gasteiger partial charge in [0.15, 0.2) is 0 Å². The number of nitrogens with one attached hydrogen (secondary N) is 1. The van der Waals surface area contributed by atoms with E-state index in [-0.39, 0.29) is 0 Å². The molecule has 0 saturated carbocycles. The third kappa shape index (κ3) is 3.77. The highest BCUT2D eigenvalue weighted by Gasteiger charge is 2.36. The molecule has 0 spiro atoms. The van der Waals surface area contributed by atoms with Gasteiger partial charge in [-0.25, -0.2) is 4.98 Å². The number of amides is 2. The molecule has 0 aliphatic carbocycles. The second-order valence-corrected chi connectivity index (χ2v) is 10.2. The molecule has 3 aliphatic rings. The van der Waals surface area contributed by atoms with E-state index in [1.54, 1.807) is 6.20 Å². The van der Waals surface area contributed by atoms with E-state index in [2.05, 4.69) is 24.7 Å². The number of rotatable bonds is 4. The fourth-order valence-electron chi connectivity index (χ4n) is 5.78. The lowest BCUT2D eigenvalue weighted by Gasteiger charge is -2.32. The van der Waals surface area contributed by atoms with Crippen molar-refractivity contribution >= 4 is 51.1 Å². The number of hydrogen-bond donors (Lipinski definition) is 1. The SMILES string of the molecule is O=C1NC(=O)C(c2cnc3ccccn23)=C1c1cn2c3c(cc(Cl)cc13)CN(CN1CCOCC1)CC2. The molecule has 0 unspecified atom stereocenters. The van der Waals surface area contributed by atoms with Gasteiger partial charge in [-0.3, -0.25) is 29.1 Å². The molecule has 4 aromatic rings. The lowest BCUT2D eigenvalue weighted by atomic mass is 9.98. The van der Waals surface area contributed by atoms with E-state index < -0.39 is 11.8 Å². The summed E-state index contributed by atoms with van der Waals surface area (Å²) in [6, 6.07) is 9.55. The first kappa shape index (κ1) is 22.7. The minimum Gasteiger partial charge on any atom is -0.379 e. The normalized spacial score (nSPS) is 19.3. The topological polar surface area (TPSA) is 84.1 Å². The van der Waals surface area contributed by atoms with Crippen LogP contribution < -0.4 is 5.32 Å². The summed E-state index contributed by atoms with van der Waals surface area (Å²) >= 11 is 6.63. The molecule has 37 heavy (non-hydrogen) atoms. The van der Waals surface area contributed by atoms with E-state index in [1.807, 2.05) is 47.1 Å². The predicted octanol–water partition coefficient (Wildman–Crippen LogP) is 2.61. The molecule has 1 N–H and O–H groups in total. The van der Waals surface area contributed by atoms with E-state index in [0.717, 1.165) is 69.1 Å². The first-order chi connectivity index (χ1) is 18.1. The largest absolute Gasteiger partial charge is 0.379 e. The number of nitrogens with zero attached hydrogens (tertiary/aromatic N) is 5. The molecular formula is C27H25ClN6O3. The summed E-state index contributed by atoms with van der Waals surface area (Å²) in [5.74, 6) is -0.824. The van der Waals surface area contributed by atoms with Crippen molar-refractivity contribution in [3.63, 3.8) is 0 Å². The van der Waals surface area contributed by atoms with Crippen molar-refractivity contribution in [3.05, 3.63) is 70.8 Å². The van der Waals surface area contributed by atoms with Crippen LogP contribution in [0.15, 0.2) is 48.9 Å². The Kier molecular flexibility index (Phi) is 5.40. The highest BCUT2D eigenvalue weighted by Crippen LogP contribution is 2.39. The lowest BCUT2D eigenvalue weighted by molar-refractivity contribution is -0.122. The van der Waals surface area contributed by atoms with Crippen molar-refractivity contribution < 1.29 is 14.3 Å². The van der Waals surface area contributed by atoms with E-state index >= 15 is 0 Å². The zero-order valence-corrected chi connectivity index (χ0v) is 20.9. The maximum atomic E-state index is 13.2. The third-order valence-corrected chi connectivity index (χ3v) is 7.66. The Hall–Kier alpha value is -3.50. The monoisotopic (exact) mass is 516 g/mol. The smallest absolute Gasteiger partial charge is 0.261 e. The molecule has 1 saturated heterocycles.